The summed E-state index contributed by atoms with van der Waals surface area (Å²) >= 11 is 0. The fraction of sp³-hybridized carbons (Fsp3) is 0.429. The van der Waals surface area contributed by atoms with Crippen molar-refractivity contribution in [3.05, 3.63) is 47.6 Å². The number of rotatable bonds is 7. The summed E-state index contributed by atoms with van der Waals surface area (Å²) in [4.78, 5) is 6.53. The molecule has 1 aromatic carbocycles. The molecule has 1 heterocycles. The van der Waals surface area contributed by atoms with Crippen molar-refractivity contribution in [2.24, 2.45) is 5.73 Å². The van der Waals surface area contributed by atoms with Gasteiger partial charge in [-0.2, -0.15) is 4.98 Å². The average Bonchev–Trinajstić information content (AvgIpc) is 2.82. The highest BCUT2D eigenvalue weighted by atomic mass is 16.5. The van der Waals surface area contributed by atoms with Crippen LogP contribution < -0.4 is 5.73 Å². The summed E-state index contributed by atoms with van der Waals surface area (Å²) in [6.07, 6.45) is 0.962. The molecular weight excluding hydrogens is 240 g/mol. The Bertz CT molecular complexity index is 483. The third-order valence-electron chi connectivity index (χ3n) is 2.86. The van der Waals surface area contributed by atoms with E-state index >= 15 is 0 Å². The highest BCUT2D eigenvalue weighted by molar-refractivity contribution is 5.14. The van der Waals surface area contributed by atoms with E-state index in [1.165, 1.54) is 5.56 Å². The fourth-order valence-corrected chi connectivity index (χ4v) is 1.98. The lowest BCUT2D eigenvalue weighted by Crippen LogP contribution is -2.26. The van der Waals surface area contributed by atoms with E-state index < -0.39 is 0 Å². The molecule has 0 aliphatic carbocycles. The third kappa shape index (κ3) is 4.46. The number of nitrogens with zero attached hydrogens (tertiary/aromatic N) is 3. The lowest BCUT2D eigenvalue weighted by molar-refractivity contribution is 0.244. The van der Waals surface area contributed by atoms with Gasteiger partial charge in [-0.05, 0) is 18.5 Å². The predicted octanol–water partition coefficient (Wildman–Crippen LogP) is 1.73. The number of hydrogen-bond donors (Lipinski definition) is 1. The smallest absolute Gasteiger partial charge is 0.223 e. The lowest BCUT2D eigenvalue weighted by atomic mass is 10.2. The monoisotopic (exact) mass is 260 g/mol. The Balaban J connectivity index is 1.99. The zero-order valence-electron chi connectivity index (χ0n) is 11.2. The van der Waals surface area contributed by atoms with Crippen LogP contribution in [0.25, 0.3) is 0 Å². The number of aromatic nitrogens is 2. The second-order valence-electron chi connectivity index (χ2n) is 4.57. The molecule has 19 heavy (non-hydrogen) atoms. The van der Waals surface area contributed by atoms with Gasteiger partial charge in [-0.15, -0.1) is 0 Å². The minimum absolute atomic E-state index is 0.605. The first kappa shape index (κ1) is 13.7. The van der Waals surface area contributed by atoms with Crippen molar-refractivity contribution in [1.82, 2.24) is 15.0 Å². The second kappa shape index (κ2) is 7.01. The van der Waals surface area contributed by atoms with E-state index in [0.29, 0.717) is 19.0 Å². The van der Waals surface area contributed by atoms with E-state index in [1.54, 1.807) is 6.92 Å². The quantitative estimate of drug-likeness (QED) is 0.821. The lowest BCUT2D eigenvalue weighted by Gasteiger charge is -2.20. The summed E-state index contributed by atoms with van der Waals surface area (Å²) in [6.45, 7) is 4.98. The van der Waals surface area contributed by atoms with Crippen molar-refractivity contribution in [2.75, 3.05) is 13.1 Å². The van der Waals surface area contributed by atoms with Crippen LogP contribution in [0, 0.1) is 6.92 Å². The standard InChI is InChI=1S/C14H20N4O/c1-12-16-14(17-19-12)11-18(9-5-8-15)10-13-6-3-2-4-7-13/h2-4,6-7H,5,8-11,15H2,1H3. The predicted molar refractivity (Wildman–Crippen MR) is 73.3 cm³/mol. The van der Waals surface area contributed by atoms with Gasteiger partial charge in [0, 0.05) is 20.0 Å². The van der Waals surface area contributed by atoms with Crippen molar-refractivity contribution < 1.29 is 4.52 Å². The molecule has 0 unspecified atom stereocenters. The van der Waals surface area contributed by atoms with Crippen molar-refractivity contribution >= 4 is 0 Å². The Morgan fingerprint density at radius 1 is 1.21 bits per heavy atom. The van der Waals surface area contributed by atoms with E-state index in [9.17, 15) is 0 Å². The maximum Gasteiger partial charge on any atom is 0.223 e. The highest BCUT2D eigenvalue weighted by Crippen LogP contribution is 2.08. The second-order valence-corrected chi connectivity index (χ2v) is 4.57. The van der Waals surface area contributed by atoms with Crippen LogP contribution in [0.5, 0.6) is 0 Å². The van der Waals surface area contributed by atoms with Crippen molar-refractivity contribution in [3.8, 4) is 0 Å². The third-order valence-corrected chi connectivity index (χ3v) is 2.86. The first-order valence-electron chi connectivity index (χ1n) is 6.53. The van der Waals surface area contributed by atoms with Gasteiger partial charge in [0.2, 0.25) is 5.89 Å². The van der Waals surface area contributed by atoms with Gasteiger partial charge >= 0.3 is 0 Å². The largest absolute Gasteiger partial charge is 0.340 e. The number of nitrogens with two attached hydrogens (primary N) is 1. The van der Waals surface area contributed by atoms with Crippen LogP contribution >= 0.6 is 0 Å². The van der Waals surface area contributed by atoms with Gasteiger partial charge in [0.1, 0.15) is 0 Å². The molecule has 5 heteroatoms. The molecule has 1 aromatic heterocycles. The molecule has 0 saturated carbocycles. The fourth-order valence-electron chi connectivity index (χ4n) is 1.98. The van der Waals surface area contributed by atoms with Crippen LogP contribution in [-0.4, -0.2) is 28.1 Å². The Morgan fingerprint density at radius 2 is 2.00 bits per heavy atom. The summed E-state index contributed by atoms with van der Waals surface area (Å²) in [5.74, 6) is 1.33. The van der Waals surface area contributed by atoms with Crippen LogP contribution in [0.3, 0.4) is 0 Å². The minimum atomic E-state index is 0.605. The number of hydrogen-bond acceptors (Lipinski definition) is 5. The summed E-state index contributed by atoms with van der Waals surface area (Å²) < 4.78 is 5.01. The molecule has 0 bridgehead atoms. The Morgan fingerprint density at radius 3 is 2.63 bits per heavy atom. The van der Waals surface area contributed by atoms with Crippen LogP contribution in [0.4, 0.5) is 0 Å². The molecule has 0 aliphatic heterocycles. The molecule has 102 valence electrons. The molecule has 0 radical (unpaired) electrons. The highest BCUT2D eigenvalue weighted by Gasteiger charge is 2.10. The summed E-state index contributed by atoms with van der Waals surface area (Å²) in [5.41, 5.74) is 6.87. The molecule has 0 fully saturated rings. The molecule has 0 amide bonds. The summed E-state index contributed by atoms with van der Waals surface area (Å²) in [6, 6.07) is 10.4. The van der Waals surface area contributed by atoms with Crippen LogP contribution in [0.2, 0.25) is 0 Å². The SMILES string of the molecule is Cc1nc(CN(CCCN)Cc2ccccc2)no1. The van der Waals surface area contributed by atoms with Crippen LogP contribution in [0.1, 0.15) is 23.7 Å². The zero-order chi connectivity index (χ0) is 13.5. The molecule has 5 nitrogen and oxygen atoms in total. The van der Waals surface area contributed by atoms with Crippen molar-refractivity contribution in [2.45, 2.75) is 26.4 Å². The first-order chi connectivity index (χ1) is 9.28. The summed E-state index contributed by atoms with van der Waals surface area (Å²) in [5, 5.41) is 3.95. The van der Waals surface area contributed by atoms with Gasteiger partial charge in [0.05, 0.1) is 6.54 Å². The van der Waals surface area contributed by atoms with Crippen molar-refractivity contribution in [3.63, 3.8) is 0 Å². The van der Waals surface area contributed by atoms with E-state index in [2.05, 4.69) is 39.3 Å². The number of benzene rings is 1. The Labute approximate surface area is 113 Å². The molecular formula is C14H20N4O. The molecule has 2 rings (SSSR count). The van der Waals surface area contributed by atoms with Gasteiger partial charge in [-0.3, -0.25) is 4.90 Å². The van der Waals surface area contributed by atoms with Gasteiger partial charge in [0.15, 0.2) is 5.82 Å². The Hall–Kier alpha value is -1.72. The maximum atomic E-state index is 5.59. The van der Waals surface area contributed by atoms with E-state index in [0.717, 1.165) is 25.3 Å². The first-order valence-corrected chi connectivity index (χ1v) is 6.53. The molecule has 0 aliphatic rings. The Kier molecular flexibility index (Phi) is 5.06. The topological polar surface area (TPSA) is 68.2 Å². The van der Waals surface area contributed by atoms with Gasteiger partial charge < -0.3 is 10.3 Å². The van der Waals surface area contributed by atoms with Gasteiger partial charge in [-0.1, -0.05) is 35.5 Å². The molecule has 2 N–H and O–H groups in total. The molecule has 2 aromatic rings. The van der Waals surface area contributed by atoms with Crippen molar-refractivity contribution in [1.29, 1.82) is 0 Å². The van der Waals surface area contributed by atoms with E-state index in [-0.39, 0.29) is 0 Å². The molecule has 0 spiro atoms. The van der Waals surface area contributed by atoms with E-state index in [1.807, 2.05) is 6.07 Å². The van der Waals surface area contributed by atoms with Crippen LogP contribution in [0.15, 0.2) is 34.9 Å². The maximum absolute atomic E-state index is 5.59. The minimum Gasteiger partial charge on any atom is -0.340 e. The zero-order valence-corrected chi connectivity index (χ0v) is 11.2. The summed E-state index contributed by atoms with van der Waals surface area (Å²) in [7, 11) is 0. The average molecular weight is 260 g/mol. The van der Waals surface area contributed by atoms with Crippen LogP contribution in [-0.2, 0) is 13.1 Å². The molecule has 0 saturated heterocycles. The number of aryl methyl sites for hydroxylation is 1. The van der Waals surface area contributed by atoms with E-state index in [4.69, 9.17) is 10.3 Å². The van der Waals surface area contributed by atoms with Gasteiger partial charge in [-0.25, -0.2) is 0 Å². The molecule has 0 atom stereocenters. The van der Waals surface area contributed by atoms with Gasteiger partial charge in [0.25, 0.3) is 0 Å². The normalized spacial score (nSPS) is 11.1.